The molecule has 0 atom stereocenters. The van der Waals surface area contributed by atoms with Crippen LogP contribution in [0, 0.1) is 0 Å². The molecule has 1 amide bonds. The summed E-state index contributed by atoms with van der Waals surface area (Å²) in [6, 6.07) is 15.9. The molecule has 0 heterocycles. The van der Waals surface area contributed by atoms with Crippen LogP contribution in [0.25, 0.3) is 0 Å². The fourth-order valence-corrected chi connectivity index (χ4v) is 1.73. The minimum Gasteiger partial charge on any atom is -0.423 e. The Hall–Kier alpha value is -2.11. The van der Waals surface area contributed by atoms with Crippen molar-refractivity contribution in [3.8, 4) is 0 Å². The molecule has 0 saturated heterocycles. The first-order valence-corrected chi connectivity index (χ1v) is 5.95. The second kappa shape index (κ2) is 6.18. The highest BCUT2D eigenvalue weighted by Crippen LogP contribution is 2.06. The quantitative estimate of drug-likeness (QED) is 0.709. The smallest absolute Gasteiger partial charge is 0.423 e. The number of amides is 1. The largest absolute Gasteiger partial charge is 0.488 e. The molecule has 3 N–H and O–H groups in total. The number of carbonyl (C=O) groups excluding carboxylic acids is 1. The number of rotatable bonds is 4. The third-order valence-electron chi connectivity index (χ3n) is 2.70. The van der Waals surface area contributed by atoms with Crippen molar-refractivity contribution in [2.75, 3.05) is 5.32 Å². The molecule has 2 rings (SSSR count). The van der Waals surface area contributed by atoms with Crippen molar-refractivity contribution in [3.63, 3.8) is 0 Å². The standard InChI is InChI=1S/C14H14BNO3.H2/c17-14(10-11-4-2-1-3-5-11)16-13-8-6-12(7-9-13)15(18)19;/h1-9,18-19H,10H2,(H,16,17);1H. The van der Waals surface area contributed by atoms with Crippen molar-refractivity contribution >= 4 is 24.2 Å². The van der Waals surface area contributed by atoms with Gasteiger partial charge in [-0.25, -0.2) is 0 Å². The van der Waals surface area contributed by atoms with Crippen LogP contribution in [0.2, 0.25) is 0 Å². The number of anilines is 1. The molecule has 2 aromatic rings. The average molecular weight is 257 g/mol. The summed E-state index contributed by atoms with van der Waals surface area (Å²) in [5, 5.41) is 20.7. The molecule has 0 aliphatic carbocycles. The molecule has 19 heavy (non-hydrogen) atoms. The highest BCUT2D eigenvalue weighted by molar-refractivity contribution is 6.58. The Morgan fingerprint density at radius 3 is 2.26 bits per heavy atom. The van der Waals surface area contributed by atoms with Gasteiger partial charge in [0.05, 0.1) is 6.42 Å². The van der Waals surface area contributed by atoms with Crippen molar-refractivity contribution < 1.29 is 16.3 Å². The van der Waals surface area contributed by atoms with Crippen LogP contribution in [0.15, 0.2) is 54.6 Å². The second-order valence-electron chi connectivity index (χ2n) is 4.21. The van der Waals surface area contributed by atoms with Gasteiger partial charge in [-0.1, -0.05) is 42.5 Å². The number of nitrogens with one attached hydrogen (secondary N) is 1. The van der Waals surface area contributed by atoms with E-state index in [1.165, 1.54) is 0 Å². The van der Waals surface area contributed by atoms with Gasteiger partial charge in [-0.3, -0.25) is 4.79 Å². The third-order valence-corrected chi connectivity index (χ3v) is 2.70. The predicted octanol–water partition coefficient (Wildman–Crippen LogP) is 0.794. The fourth-order valence-electron chi connectivity index (χ4n) is 1.73. The van der Waals surface area contributed by atoms with E-state index >= 15 is 0 Å². The van der Waals surface area contributed by atoms with Gasteiger partial charge < -0.3 is 15.4 Å². The van der Waals surface area contributed by atoms with Gasteiger partial charge in [0.15, 0.2) is 0 Å². The lowest BCUT2D eigenvalue weighted by Gasteiger charge is -2.06. The molecule has 0 saturated carbocycles. The molecule has 0 bridgehead atoms. The highest BCUT2D eigenvalue weighted by atomic mass is 16.4. The van der Waals surface area contributed by atoms with E-state index in [2.05, 4.69) is 5.32 Å². The summed E-state index contributed by atoms with van der Waals surface area (Å²) in [6.45, 7) is 0. The Morgan fingerprint density at radius 2 is 1.68 bits per heavy atom. The summed E-state index contributed by atoms with van der Waals surface area (Å²) < 4.78 is 0. The van der Waals surface area contributed by atoms with Crippen LogP contribution in [-0.2, 0) is 11.2 Å². The number of carbonyl (C=O) groups is 1. The summed E-state index contributed by atoms with van der Waals surface area (Å²) in [5.41, 5.74) is 1.97. The van der Waals surface area contributed by atoms with E-state index in [9.17, 15) is 4.79 Å². The zero-order valence-electron chi connectivity index (χ0n) is 10.3. The molecule has 0 aliphatic rings. The van der Waals surface area contributed by atoms with Crippen LogP contribution in [0.4, 0.5) is 5.69 Å². The van der Waals surface area contributed by atoms with Crippen molar-refractivity contribution in [2.45, 2.75) is 6.42 Å². The molecule has 0 unspecified atom stereocenters. The van der Waals surface area contributed by atoms with Gasteiger partial charge in [0.25, 0.3) is 0 Å². The average Bonchev–Trinajstić information content (AvgIpc) is 2.40. The summed E-state index contributed by atoms with van der Waals surface area (Å²) in [4.78, 5) is 11.8. The van der Waals surface area contributed by atoms with Gasteiger partial charge in [0.2, 0.25) is 5.91 Å². The van der Waals surface area contributed by atoms with Gasteiger partial charge in [0.1, 0.15) is 0 Å². The van der Waals surface area contributed by atoms with Crippen LogP contribution < -0.4 is 10.8 Å². The number of hydrogen-bond donors (Lipinski definition) is 3. The zero-order chi connectivity index (χ0) is 13.7. The summed E-state index contributed by atoms with van der Waals surface area (Å²) in [6.07, 6.45) is 0.311. The first-order valence-electron chi connectivity index (χ1n) is 5.95. The zero-order valence-corrected chi connectivity index (χ0v) is 10.3. The molecule has 0 fully saturated rings. The first kappa shape index (κ1) is 13.3. The van der Waals surface area contributed by atoms with Crippen molar-refractivity contribution in [3.05, 3.63) is 60.2 Å². The minimum absolute atomic E-state index is 0. The maximum absolute atomic E-state index is 11.8. The topological polar surface area (TPSA) is 69.6 Å². The van der Waals surface area contributed by atoms with E-state index in [0.717, 1.165) is 5.56 Å². The van der Waals surface area contributed by atoms with Crippen LogP contribution in [0.3, 0.4) is 0 Å². The van der Waals surface area contributed by atoms with E-state index in [1.54, 1.807) is 24.3 Å². The Balaban J connectivity index is 0.00000200. The normalized spacial score (nSPS) is 10.0. The summed E-state index contributed by atoms with van der Waals surface area (Å²) >= 11 is 0. The Labute approximate surface area is 113 Å². The molecular weight excluding hydrogens is 241 g/mol. The molecule has 2 aromatic carbocycles. The molecular formula is C14H16BNO3. The Bertz CT molecular complexity index is 546. The van der Waals surface area contributed by atoms with E-state index < -0.39 is 7.12 Å². The predicted molar refractivity (Wildman–Crippen MR) is 77.2 cm³/mol. The Kier molecular flexibility index (Phi) is 4.33. The van der Waals surface area contributed by atoms with Gasteiger partial charge in [-0.2, -0.15) is 0 Å². The maximum Gasteiger partial charge on any atom is 0.488 e. The molecule has 0 radical (unpaired) electrons. The van der Waals surface area contributed by atoms with Crippen LogP contribution in [-0.4, -0.2) is 23.1 Å². The van der Waals surface area contributed by atoms with E-state index in [-0.39, 0.29) is 7.33 Å². The van der Waals surface area contributed by atoms with E-state index in [1.807, 2.05) is 30.3 Å². The van der Waals surface area contributed by atoms with Gasteiger partial charge in [-0.05, 0) is 23.2 Å². The number of hydrogen-bond acceptors (Lipinski definition) is 3. The number of benzene rings is 2. The summed E-state index contributed by atoms with van der Waals surface area (Å²) in [7, 11) is -1.49. The summed E-state index contributed by atoms with van der Waals surface area (Å²) in [5.74, 6) is -0.108. The van der Waals surface area contributed by atoms with Crippen LogP contribution in [0.1, 0.15) is 6.99 Å². The molecule has 5 heteroatoms. The highest BCUT2D eigenvalue weighted by Gasteiger charge is 2.10. The third kappa shape index (κ3) is 3.94. The van der Waals surface area contributed by atoms with Crippen molar-refractivity contribution in [1.82, 2.24) is 0 Å². The van der Waals surface area contributed by atoms with Gasteiger partial charge in [0, 0.05) is 7.11 Å². The van der Waals surface area contributed by atoms with E-state index in [4.69, 9.17) is 10.0 Å². The minimum atomic E-state index is -1.49. The second-order valence-corrected chi connectivity index (χ2v) is 4.21. The van der Waals surface area contributed by atoms with Crippen molar-refractivity contribution in [1.29, 1.82) is 0 Å². The lowest BCUT2D eigenvalue weighted by atomic mass is 9.80. The lowest BCUT2D eigenvalue weighted by molar-refractivity contribution is -0.115. The monoisotopic (exact) mass is 257 g/mol. The molecule has 4 nitrogen and oxygen atoms in total. The van der Waals surface area contributed by atoms with Crippen LogP contribution >= 0.6 is 0 Å². The lowest BCUT2D eigenvalue weighted by Crippen LogP contribution is -2.29. The van der Waals surface area contributed by atoms with Gasteiger partial charge in [-0.15, -0.1) is 0 Å². The molecule has 98 valence electrons. The first-order chi connectivity index (χ1) is 9.15. The molecule has 0 aromatic heterocycles. The molecule has 0 spiro atoms. The van der Waals surface area contributed by atoms with Crippen LogP contribution in [0.5, 0.6) is 0 Å². The van der Waals surface area contributed by atoms with Gasteiger partial charge >= 0.3 is 7.12 Å². The fraction of sp³-hybridized carbons (Fsp3) is 0.0714. The molecule has 0 aliphatic heterocycles. The SMILES string of the molecule is O=C(Cc1ccccc1)Nc1ccc(B(O)O)cc1.[HH]. The maximum atomic E-state index is 11.8. The Morgan fingerprint density at radius 1 is 1.05 bits per heavy atom. The van der Waals surface area contributed by atoms with Crippen molar-refractivity contribution in [2.24, 2.45) is 0 Å². The van der Waals surface area contributed by atoms with E-state index in [0.29, 0.717) is 17.6 Å².